The van der Waals surface area contributed by atoms with E-state index in [1.807, 2.05) is 50.6 Å². The van der Waals surface area contributed by atoms with Crippen LogP contribution in [0.3, 0.4) is 0 Å². The fourth-order valence-electron chi connectivity index (χ4n) is 2.01. The number of pyridine rings is 1. The van der Waals surface area contributed by atoms with Gasteiger partial charge in [-0.1, -0.05) is 6.92 Å². The average molecular weight is 353 g/mol. The molecule has 26 heavy (non-hydrogen) atoms. The Balaban J connectivity index is 0.00000105. The third-order valence-corrected chi connectivity index (χ3v) is 3.12. The van der Waals surface area contributed by atoms with Crippen LogP contribution >= 0.6 is 0 Å². The maximum atomic E-state index is 4.64. The molecule has 2 N–H and O–H groups in total. The summed E-state index contributed by atoms with van der Waals surface area (Å²) in [6.07, 6.45) is 8.13. The minimum absolute atomic E-state index is 0.585. The molecule has 0 atom stereocenters. The Hall–Kier alpha value is -2.98. The van der Waals surface area contributed by atoms with Gasteiger partial charge in [0.2, 0.25) is 5.95 Å². The zero-order chi connectivity index (χ0) is 19.4. The van der Waals surface area contributed by atoms with Crippen LogP contribution in [-0.4, -0.2) is 33.5 Å². The Morgan fingerprint density at radius 2 is 2.12 bits per heavy atom. The van der Waals surface area contributed by atoms with Gasteiger partial charge >= 0.3 is 0 Å². The van der Waals surface area contributed by atoms with Gasteiger partial charge in [-0.25, -0.2) is 10.4 Å². The maximum absolute atomic E-state index is 4.64. The van der Waals surface area contributed by atoms with Crippen molar-refractivity contribution in [1.29, 1.82) is 0 Å². The van der Waals surface area contributed by atoms with Gasteiger partial charge in [0.15, 0.2) is 0 Å². The highest BCUT2D eigenvalue weighted by molar-refractivity contribution is 5.81. The lowest BCUT2D eigenvalue weighted by molar-refractivity contribution is 0.680. The van der Waals surface area contributed by atoms with Crippen molar-refractivity contribution >= 4 is 11.8 Å². The van der Waals surface area contributed by atoms with Crippen LogP contribution < -0.4 is 16.3 Å². The van der Waals surface area contributed by atoms with Crippen LogP contribution in [0.25, 0.3) is 11.3 Å². The minimum atomic E-state index is 0.585. The van der Waals surface area contributed by atoms with Crippen LogP contribution in [-0.2, 0) is 7.05 Å². The summed E-state index contributed by atoms with van der Waals surface area (Å²) in [7, 11) is 1.91. The first-order valence-electron chi connectivity index (χ1n) is 8.47. The monoisotopic (exact) mass is 353 g/mol. The van der Waals surface area contributed by atoms with E-state index in [2.05, 4.69) is 43.1 Å². The maximum Gasteiger partial charge on any atom is 0.233 e. The third-order valence-electron chi connectivity index (χ3n) is 3.12. The molecule has 2 aromatic heterocycles. The summed E-state index contributed by atoms with van der Waals surface area (Å²) in [5.41, 5.74) is 8.62. The number of aliphatic imine (C=N–C) groups is 1. The third kappa shape index (κ3) is 6.49. The van der Waals surface area contributed by atoms with E-state index in [0.29, 0.717) is 12.5 Å². The van der Waals surface area contributed by atoms with Crippen molar-refractivity contribution in [2.75, 3.05) is 13.1 Å². The zero-order valence-electron chi connectivity index (χ0n) is 16.1. The molecule has 0 unspecified atom stereocenters. The SMILES string of the molecule is C#CC.CCN=c1cc(-c2cccnc2)nc(/N=C(\C)NNCC)n1C. The smallest absolute Gasteiger partial charge is 0.233 e. The van der Waals surface area contributed by atoms with Crippen LogP contribution in [0.15, 0.2) is 40.6 Å². The predicted molar refractivity (Wildman–Crippen MR) is 107 cm³/mol. The Kier molecular flexibility index (Phi) is 9.36. The van der Waals surface area contributed by atoms with Gasteiger partial charge in [-0.15, -0.1) is 12.3 Å². The Morgan fingerprint density at radius 3 is 2.69 bits per heavy atom. The van der Waals surface area contributed by atoms with Gasteiger partial charge in [0.05, 0.1) is 5.69 Å². The molecule has 2 rings (SSSR count). The molecule has 2 heterocycles. The Bertz CT molecular complexity index is 814. The van der Waals surface area contributed by atoms with Crippen LogP contribution in [0.2, 0.25) is 0 Å². The van der Waals surface area contributed by atoms with Crippen molar-refractivity contribution in [2.45, 2.75) is 27.7 Å². The van der Waals surface area contributed by atoms with Gasteiger partial charge in [0.1, 0.15) is 11.3 Å². The van der Waals surface area contributed by atoms with Gasteiger partial charge in [-0.3, -0.25) is 14.5 Å². The van der Waals surface area contributed by atoms with E-state index in [1.54, 1.807) is 19.3 Å². The van der Waals surface area contributed by atoms with Gasteiger partial charge in [-0.05, 0) is 32.9 Å². The Morgan fingerprint density at radius 1 is 1.38 bits per heavy atom. The van der Waals surface area contributed by atoms with Crippen molar-refractivity contribution in [3.05, 3.63) is 36.1 Å². The second-order valence-electron chi connectivity index (χ2n) is 5.22. The van der Waals surface area contributed by atoms with Gasteiger partial charge in [0.25, 0.3) is 0 Å². The summed E-state index contributed by atoms with van der Waals surface area (Å²) >= 11 is 0. The summed E-state index contributed by atoms with van der Waals surface area (Å²) in [6.45, 7) is 9.06. The van der Waals surface area contributed by atoms with E-state index in [4.69, 9.17) is 0 Å². The molecular weight excluding hydrogens is 326 g/mol. The molecule has 0 aromatic carbocycles. The number of nitrogens with zero attached hydrogens (tertiary/aromatic N) is 5. The van der Waals surface area contributed by atoms with Crippen molar-refractivity contribution in [1.82, 2.24) is 25.4 Å². The van der Waals surface area contributed by atoms with Gasteiger partial charge in [-0.2, -0.15) is 4.99 Å². The minimum Gasteiger partial charge on any atom is -0.309 e. The molecule has 0 amide bonds. The normalized spacial score (nSPS) is 11.4. The number of terminal acetylenes is 1. The number of rotatable bonds is 5. The van der Waals surface area contributed by atoms with Crippen molar-refractivity contribution < 1.29 is 0 Å². The summed E-state index contributed by atoms with van der Waals surface area (Å²) in [6, 6.07) is 5.82. The largest absolute Gasteiger partial charge is 0.309 e. The topological polar surface area (TPSA) is 79.5 Å². The molecule has 7 nitrogen and oxygen atoms in total. The summed E-state index contributed by atoms with van der Waals surface area (Å²) < 4.78 is 1.88. The van der Waals surface area contributed by atoms with Crippen molar-refractivity contribution in [2.24, 2.45) is 17.0 Å². The van der Waals surface area contributed by atoms with Gasteiger partial charge < -0.3 is 5.43 Å². The number of hydrazine groups is 1. The van der Waals surface area contributed by atoms with E-state index < -0.39 is 0 Å². The highest BCUT2D eigenvalue weighted by Gasteiger charge is 2.06. The summed E-state index contributed by atoms with van der Waals surface area (Å²) in [5.74, 6) is 3.57. The first kappa shape index (κ1) is 21.1. The molecular formula is C19H27N7. The lowest BCUT2D eigenvalue weighted by Gasteiger charge is -2.10. The van der Waals surface area contributed by atoms with Crippen LogP contribution in [0.1, 0.15) is 27.7 Å². The highest BCUT2D eigenvalue weighted by atomic mass is 15.4. The number of hydrogen-bond acceptors (Lipinski definition) is 5. The van der Waals surface area contributed by atoms with Crippen molar-refractivity contribution in [3.63, 3.8) is 0 Å². The van der Waals surface area contributed by atoms with Crippen molar-refractivity contribution in [3.8, 4) is 23.6 Å². The quantitative estimate of drug-likeness (QED) is 0.374. The highest BCUT2D eigenvalue weighted by Crippen LogP contribution is 2.16. The first-order chi connectivity index (χ1) is 12.6. The van der Waals surface area contributed by atoms with Crippen LogP contribution in [0.5, 0.6) is 0 Å². The molecule has 7 heteroatoms. The average Bonchev–Trinajstić information content (AvgIpc) is 2.64. The molecule has 2 aromatic rings. The predicted octanol–water partition coefficient (Wildman–Crippen LogP) is 2.21. The number of amidine groups is 1. The van der Waals surface area contributed by atoms with E-state index in [0.717, 1.165) is 29.1 Å². The van der Waals surface area contributed by atoms with E-state index in [1.165, 1.54) is 0 Å². The second kappa shape index (κ2) is 11.6. The summed E-state index contributed by atoms with van der Waals surface area (Å²) in [5, 5.41) is 0. The first-order valence-corrected chi connectivity index (χ1v) is 8.47. The van der Waals surface area contributed by atoms with Gasteiger partial charge in [0, 0.05) is 44.2 Å². The molecule has 0 spiro atoms. The lowest BCUT2D eigenvalue weighted by Crippen LogP contribution is -2.35. The molecule has 0 aliphatic heterocycles. The number of aromatic nitrogens is 3. The number of nitrogens with one attached hydrogen (secondary N) is 2. The fourth-order valence-corrected chi connectivity index (χ4v) is 2.01. The van der Waals surface area contributed by atoms with E-state index in [9.17, 15) is 0 Å². The molecule has 0 bridgehead atoms. The zero-order valence-corrected chi connectivity index (χ0v) is 16.1. The molecule has 0 aliphatic carbocycles. The molecule has 0 fully saturated rings. The second-order valence-corrected chi connectivity index (χ2v) is 5.22. The van der Waals surface area contributed by atoms with E-state index >= 15 is 0 Å². The van der Waals surface area contributed by atoms with E-state index in [-0.39, 0.29) is 0 Å². The van der Waals surface area contributed by atoms with Crippen LogP contribution in [0, 0.1) is 12.3 Å². The fraction of sp³-hybridized carbons (Fsp3) is 0.368. The molecule has 0 saturated heterocycles. The molecule has 0 saturated carbocycles. The molecule has 0 radical (unpaired) electrons. The summed E-state index contributed by atoms with van der Waals surface area (Å²) in [4.78, 5) is 17.9. The molecule has 138 valence electrons. The standard InChI is InChI=1S/C16H23N7.C3H4/c1-5-18-15-10-14(13-8-7-9-17-11-13)21-16(23(15)4)20-12(3)22-19-6-2;1-3-2/h7-11,19H,5-6H2,1-4H3,(H,20,21,22);1H,2H3. The lowest BCUT2D eigenvalue weighted by atomic mass is 10.2. The Labute approximate surface area is 155 Å². The van der Waals surface area contributed by atoms with Crippen LogP contribution in [0.4, 0.5) is 5.95 Å². The number of hydrogen-bond donors (Lipinski definition) is 2. The molecule has 0 aliphatic rings.